The van der Waals surface area contributed by atoms with Gasteiger partial charge in [-0.05, 0) is 92.4 Å². The first-order valence-corrected chi connectivity index (χ1v) is 14.9. The molecule has 1 fully saturated rings. The Balaban J connectivity index is 1.41. The third-order valence-corrected chi connectivity index (χ3v) is 9.21. The molecule has 1 saturated heterocycles. The van der Waals surface area contributed by atoms with Crippen molar-refractivity contribution in [3.63, 3.8) is 0 Å². The minimum absolute atomic E-state index is 0.125. The molecule has 0 atom stereocenters. The summed E-state index contributed by atoms with van der Waals surface area (Å²) in [7, 11) is -0.545. The smallest absolute Gasteiger partial charge is 0.262 e. The summed E-state index contributed by atoms with van der Waals surface area (Å²) in [6, 6.07) is 14.5. The van der Waals surface area contributed by atoms with Gasteiger partial charge in [-0.2, -0.15) is 4.31 Å². The molecule has 3 aromatic carbocycles. The van der Waals surface area contributed by atoms with Crippen LogP contribution in [0.4, 0.5) is 5.69 Å². The highest BCUT2D eigenvalue weighted by atomic mass is 32.2. The lowest BCUT2D eigenvalue weighted by Crippen LogP contribution is -2.27. The van der Waals surface area contributed by atoms with Crippen LogP contribution in [0.1, 0.15) is 24.0 Å². The largest absolute Gasteiger partial charge is 0.493 e. The number of benzene rings is 3. The van der Waals surface area contributed by atoms with E-state index in [1.165, 1.54) is 42.8 Å². The predicted molar refractivity (Wildman–Crippen MR) is 159 cm³/mol. The molecule has 42 heavy (non-hydrogen) atoms. The minimum Gasteiger partial charge on any atom is -0.493 e. The molecular formula is C31H32N2O8S. The number of ether oxygens (including phenoxy) is 3. The van der Waals surface area contributed by atoms with E-state index in [1.807, 2.05) is 13.8 Å². The van der Waals surface area contributed by atoms with Crippen molar-refractivity contribution in [1.82, 2.24) is 4.31 Å². The second kappa shape index (κ2) is 11.9. The number of fused-ring (bicyclic) bond motifs is 1. The number of hydrogen-bond donors (Lipinski definition) is 1. The van der Waals surface area contributed by atoms with Crippen molar-refractivity contribution in [3.05, 3.63) is 75.9 Å². The van der Waals surface area contributed by atoms with E-state index in [4.69, 9.17) is 18.6 Å². The highest BCUT2D eigenvalue weighted by Gasteiger charge is 2.27. The molecule has 0 aliphatic carbocycles. The zero-order chi connectivity index (χ0) is 30.0. The van der Waals surface area contributed by atoms with Gasteiger partial charge in [0.15, 0.2) is 23.9 Å². The van der Waals surface area contributed by atoms with E-state index >= 15 is 0 Å². The minimum atomic E-state index is -3.57. The molecule has 2 heterocycles. The molecule has 0 saturated carbocycles. The molecular weight excluding hydrogens is 560 g/mol. The SMILES string of the molecule is COc1ccc(-c2oc3cc(C)c(C)cc3c(=O)c2OCC(=O)Nc2ccc(S(=O)(=O)N3CCCC3)cc2)cc1OC. The van der Waals surface area contributed by atoms with Gasteiger partial charge in [-0.3, -0.25) is 9.59 Å². The topological polar surface area (TPSA) is 124 Å². The quantitative estimate of drug-likeness (QED) is 0.291. The van der Waals surface area contributed by atoms with Gasteiger partial charge in [-0.25, -0.2) is 8.42 Å². The Bertz CT molecular complexity index is 1810. The summed E-state index contributed by atoms with van der Waals surface area (Å²) >= 11 is 0. The van der Waals surface area contributed by atoms with Gasteiger partial charge in [0, 0.05) is 24.3 Å². The third-order valence-electron chi connectivity index (χ3n) is 7.30. The number of hydrogen-bond acceptors (Lipinski definition) is 8. The van der Waals surface area contributed by atoms with E-state index < -0.39 is 28.0 Å². The Hall–Kier alpha value is -4.35. The zero-order valence-corrected chi connectivity index (χ0v) is 24.7. The standard InChI is InChI=1S/C31H32N2O8S/c1-19-15-24-26(16-20(19)2)41-30(21-7-12-25(38-3)27(17-21)39-4)31(29(24)35)40-18-28(34)32-22-8-10-23(11-9-22)42(36,37)33-13-5-6-14-33/h7-12,15-17H,5-6,13-14,18H2,1-4H3,(H,32,34). The number of nitrogens with zero attached hydrogens (tertiary/aromatic N) is 1. The first kappa shape index (κ1) is 29.2. The fourth-order valence-electron chi connectivity index (χ4n) is 4.85. The zero-order valence-electron chi connectivity index (χ0n) is 23.9. The lowest BCUT2D eigenvalue weighted by molar-refractivity contribution is -0.118. The molecule has 0 bridgehead atoms. The summed E-state index contributed by atoms with van der Waals surface area (Å²) < 4.78 is 49.8. The van der Waals surface area contributed by atoms with Crippen LogP contribution >= 0.6 is 0 Å². The number of methoxy groups -OCH3 is 2. The Morgan fingerprint density at radius 1 is 0.929 bits per heavy atom. The van der Waals surface area contributed by atoms with Gasteiger partial charge in [0.1, 0.15) is 5.58 Å². The molecule has 1 aliphatic rings. The van der Waals surface area contributed by atoms with Crippen LogP contribution in [0.3, 0.4) is 0 Å². The number of sulfonamides is 1. The average molecular weight is 593 g/mol. The summed E-state index contributed by atoms with van der Waals surface area (Å²) in [5.74, 6) is 0.401. The van der Waals surface area contributed by atoms with Crippen molar-refractivity contribution in [2.24, 2.45) is 0 Å². The van der Waals surface area contributed by atoms with Gasteiger partial charge in [0.25, 0.3) is 5.91 Å². The van der Waals surface area contributed by atoms with Crippen LogP contribution in [0.15, 0.2) is 68.7 Å². The lowest BCUT2D eigenvalue weighted by atomic mass is 10.0. The second-order valence-electron chi connectivity index (χ2n) is 10.1. The Kier molecular flexibility index (Phi) is 8.24. The number of rotatable bonds is 9. The van der Waals surface area contributed by atoms with Crippen LogP contribution < -0.4 is 25.0 Å². The van der Waals surface area contributed by atoms with Gasteiger partial charge >= 0.3 is 0 Å². The maximum Gasteiger partial charge on any atom is 0.262 e. The summed E-state index contributed by atoms with van der Waals surface area (Å²) in [5.41, 5.74) is 2.71. The van der Waals surface area contributed by atoms with Crippen molar-refractivity contribution < 1.29 is 31.8 Å². The molecule has 0 spiro atoms. The Labute approximate surface area is 243 Å². The first-order valence-electron chi connectivity index (χ1n) is 13.5. The van der Waals surface area contributed by atoms with E-state index in [1.54, 1.807) is 30.3 Å². The van der Waals surface area contributed by atoms with Crippen LogP contribution in [0, 0.1) is 13.8 Å². The molecule has 4 aromatic rings. The van der Waals surface area contributed by atoms with Crippen LogP contribution in [-0.2, 0) is 14.8 Å². The monoisotopic (exact) mass is 592 g/mol. The first-order chi connectivity index (χ1) is 20.1. The van der Waals surface area contributed by atoms with E-state index in [9.17, 15) is 18.0 Å². The maximum absolute atomic E-state index is 13.6. The van der Waals surface area contributed by atoms with Gasteiger partial charge in [0.05, 0.1) is 24.5 Å². The van der Waals surface area contributed by atoms with Gasteiger partial charge < -0.3 is 23.9 Å². The van der Waals surface area contributed by atoms with Crippen molar-refractivity contribution in [1.29, 1.82) is 0 Å². The molecule has 10 nitrogen and oxygen atoms in total. The molecule has 1 aliphatic heterocycles. The fraction of sp³-hybridized carbons (Fsp3) is 0.290. The maximum atomic E-state index is 13.6. The van der Waals surface area contributed by atoms with Crippen molar-refractivity contribution in [3.8, 4) is 28.6 Å². The highest BCUT2D eigenvalue weighted by Crippen LogP contribution is 2.37. The summed E-state index contributed by atoms with van der Waals surface area (Å²) in [4.78, 5) is 26.7. The van der Waals surface area contributed by atoms with Crippen molar-refractivity contribution >= 4 is 32.6 Å². The average Bonchev–Trinajstić information content (AvgIpc) is 3.54. The van der Waals surface area contributed by atoms with Crippen molar-refractivity contribution in [2.45, 2.75) is 31.6 Å². The van der Waals surface area contributed by atoms with Crippen LogP contribution in [0.2, 0.25) is 0 Å². The molecule has 1 amide bonds. The predicted octanol–water partition coefficient (Wildman–Crippen LogP) is 4.90. The van der Waals surface area contributed by atoms with E-state index in [0.717, 1.165) is 24.0 Å². The normalized spacial score (nSPS) is 13.7. The van der Waals surface area contributed by atoms with Crippen LogP contribution in [-0.4, -0.2) is 52.5 Å². The molecule has 0 unspecified atom stereocenters. The molecule has 1 aromatic heterocycles. The van der Waals surface area contributed by atoms with Crippen molar-refractivity contribution in [2.75, 3.05) is 39.2 Å². The number of carbonyl (C=O) groups is 1. The Morgan fingerprint density at radius 2 is 1.60 bits per heavy atom. The highest BCUT2D eigenvalue weighted by molar-refractivity contribution is 7.89. The molecule has 220 valence electrons. The molecule has 5 rings (SSSR count). The van der Waals surface area contributed by atoms with E-state index in [2.05, 4.69) is 5.32 Å². The Morgan fingerprint density at radius 3 is 2.26 bits per heavy atom. The fourth-order valence-corrected chi connectivity index (χ4v) is 6.37. The lowest BCUT2D eigenvalue weighted by Gasteiger charge is -2.16. The number of carbonyl (C=O) groups excluding carboxylic acids is 1. The summed E-state index contributed by atoms with van der Waals surface area (Å²) in [6.45, 7) is 4.34. The number of anilines is 1. The van der Waals surface area contributed by atoms with Gasteiger partial charge in [-0.15, -0.1) is 0 Å². The summed E-state index contributed by atoms with van der Waals surface area (Å²) in [6.07, 6.45) is 1.69. The molecule has 11 heteroatoms. The number of amides is 1. The van der Waals surface area contributed by atoms with Gasteiger partial charge in [0.2, 0.25) is 21.2 Å². The van der Waals surface area contributed by atoms with Crippen LogP contribution in [0.5, 0.6) is 17.2 Å². The van der Waals surface area contributed by atoms with E-state index in [0.29, 0.717) is 46.8 Å². The molecule has 0 radical (unpaired) electrons. The van der Waals surface area contributed by atoms with E-state index in [-0.39, 0.29) is 16.4 Å². The van der Waals surface area contributed by atoms with Crippen LogP contribution in [0.25, 0.3) is 22.3 Å². The number of nitrogens with one attached hydrogen (secondary N) is 1. The molecule has 1 N–H and O–H groups in total. The van der Waals surface area contributed by atoms with Gasteiger partial charge in [-0.1, -0.05) is 0 Å². The third kappa shape index (κ3) is 5.70. The number of aryl methyl sites for hydroxylation is 2. The second-order valence-corrected chi connectivity index (χ2v) is 12.0. The summed E-state index contributed by atoms with van der Waals surface area (Å²) in [5, 5.41) is 3.01.